The number of benzene rings is 1. The van der Waals surface area contributed by atoms with Crippen LogP contribution >= 0.6 is 0 Å². The van der Waals surface area contributed by atoms with Gasteiger partial charge >= 0.3 is 0 Å². The number of pyridine rings is 1. The number of imidazole rings is 1. The molecule has 0 radical (unpaired) electrons. The van der Waals surface area contributed by atoms with E-state index in [1.165, 1.54) is 31.2 Å². The van der Waals surface area contributed by atoms with E-state index in [1.54, 1.807) is 0 Å². The summed E-state index contributed by atoms with van der Waals surface area (Å²) in [4.78, 5) is 4.71. The van der Waals surface area contributed by atoms with E-state index in [0.29, 0.717) is 5.90 Å². The van der Waals surface area contributed by atoms with E-state index in [1.807, 2.05) is 41.1 Å². The van der Waals surface area contributed by atoms with Crippen molar-refractivity contribution >= 4 is 11.5 Å². The average Bonchev–Trinajstić information content (AvgIpc) is 2.95. The Bertz CT molecular complexity index is 947. The Hall–Kier alpha value is -2.62. The zero-order valence-electron chi connectivity index (χ0n) is 16.2. The number of ether oxygens (including phenoxy) is 1. The molecule has 1 aliphatic rings. The molecule has 1 fully saturated rings. The minimum atomic E-state index is -0.130. The Kier molecular flexibility index (Phi) is 4.73. The van der Waals surface area contributed by atoms with Crippen LogP contribution < -0.4 is 4.74 Å². The number of hydrogen-bond donors (Lipinski definition) is 1. The van der Waals surface area contributed by atoms with Crippen LogP contribution in [0.3, 0.4) is 0 Å². The molecule has 0 bridgehead atoms. The van der Waals surface area contributed by atoms with E-state index in [2.05, 4.69) is 26.0 Å². The Morgan fingerprint density at radius 2 is 1.78 bits per heavy atom. The quantitative estimate of drug-likeness (QED) is 0.352. The van der Waals surface area contributed by atoms with Crippen LogP contribution in [0, 0.1) is 17.7 Å². The van der Waals surface area contributed by atoms with Crippen LogP contribution in [-0.2, 0) is 0 Å². The Labute approximate surface area is 160 Å². The summed E-state index contributed by atoms with van der Waals surface area (Å²) in [6.45, 7) is 4.25. The van der Waals surface area contributed by atoms with Gasteiger partial charge < -0.3 is 9.14 Å². The molecule has 1 saturated carbocycles. The summed E-state index contributed by atoms with van der Waals surface area (Å²) in [6.07, 6.45) is 11.1. The Morgan fingerprint density at radius 3 is 2.48 bits per heavy atom. The van der Waals surface area contributed by atoms with Gasteiger partial charge in [0.1, 0.15) is 11.4 Å². The van der Waals surface area contributed by atoms with Gasteiger partial charge in [-0.25, -0.2) is 4.98 Å². The Balaban J connectivity index is 1.50. The second-order valence-electron chi connectivity index (χ2n) is 8.03. The molecule has 0 aliphatic heterocycles. The molecular formula is C23H27N3O. The van der Waals surface area contributed by atoms with Gasteiger partial charge in [0.2, 0.25) is 0 Å². The van der Waals surface area contributed by atoms with Crippen LogP contribution in [-0.4, -0.2) is 15.3 Å². The first kappa shape index (κ1) is 17.8. The van der Waals surface area contributed by atoms with Crippen molar-refractivity contribution in [2.45, 2.75) is 52.4 Å². The van der Waals surface area contributed by atoms with Crippen molar-refractivity contribution < 1.29 is 4.74 Å². The molecule has 2 heterocycles. The van der Waals surface area contributed by atoms with Gasteiger partial charge in [-0.3, -0.25) is 5.41 Å². The topological polar surface area (TPSA) is 50.4 Å². The van der Waals surface area contributed by atoms with Gasteiger partial charge in [-0.15, -0.1) is 0 Å². The zero-order chi connectivity index (χ0) is 18.9. The maximum absolute atomic E-state index is 8.49. The molecule has 140 valence electrons. The average molecular weight is 361 g/mol. The van der Waals surface area contributed by atoms with Crippen molar-refractivity contribution in [3.8, 4) is 17.0 Å². The van der Waals surface area contributed by atoms with Crippen molar-refractivity contribution in [3.05, 3.63) is 54.4 Å². The molecule has 0 saturated heterocycles. The normalized spacial score (nSPS) is 16.8. The lowest BCUT2D eigenvalue weighted by Crippen LogP contribution is -2.30. The van der Waals surface area contributed by atoms with Gasteiger partial charge in [0.05, 0.1) is 5.69 Å². The molecule has 3 aromatic rings. The molecule has 4 nitrogen and oxygen atoms in total. The van der Waals surface area contributed by atoms with Crippen LogP contribution in [0.2, 0.25) is 0 Å². The van der Waals surface area contributed by atoms with Crippen LogP contribution in [0.25, 0.3) is 16.9 Å². The van der Waals surface area contributed by atoms with E-state index < -0.39 is 0 Å². The van der Waals surface area contributed by atoms with Gasteiger partial charge in [0.15, 0.2) is 5.90 Å². The fourth-order valence-electron chi connectivity index (χ4n) is 3.89. The molecular weight excluding hydrogens is 334 g/mol. The number of aromatic nitrogens is 2. The number of aryl methyl sites for hydroxylation is 1. The number of fused-ring (bicyclic) bond motifs is 1. The third-order valence-electron chi connectivity index (χ3n) is 5.74. The molecule has 0 unspecified atom stereocenters. The fourth-order valence-corrected chi connectivity index (χ4v) is 3.89. The molecule has 0 spiro atoms. The molecule has 4 heteroatoms. The van der Waals surface area contributed by atoms with Crippen LogP contribution in [0.15, 0.2) is 48.8 Å². The van der Waals surface area contributed by atoms with E-state index in [-0.39, 0.29) is 5.41 Å². The highest BCUT2D eigenvalue weighted by Gasteiger charge is 2.32. The summed E-state index contributed by atoms with van der Waals surface area (Å²) in [7, 11) is 0. The summed E-state index contributed by atoms with van der Waals surface area (Å²) >= 11 is 0. The van der Waals surface area contributed by atoms with Crippen molar-refractivity contribution in [2.24, 2.45) is 5.41 Å². The highest BCUT2D eigenvalue weighted by atomic mass is 16.5. The van der Waals surface area contributed by atoms with Crippen LogP contribution in [0.5, 0.6) is 5.75 Å². The molecule has 0 amide bonds. The summed E-state index contributed by atoms with van der Waals surface area (Å²) in [6, 6.07) is 12.1. The van der Waals surface area contributed by atoms with Crippen molar-refractivity contribution in [1.82, 2.24) is 9.38 Å². The summed E-state index contributed by atoms with van der Waals surface area (Å²) in [5, 5.41) is 8.49. The molecule has 4 rings (SSSR count). The van der Waals surface area contributed by atoms with Gasteiger partial charge in [0.25, 0.3) is 0 Å². The lowest BCUT2D eigenvalue weighted by molar-refractivity contribution is 0.333. The second-order valence-corrected chi connectivity index (χ2v) is 8.03. The number of rotatable bonds is 3. The molecule has 1 aromatic carbocycles. The lowest BCUT2D eigenvalue weighted by atomic mass is 9.82. The highest BCUT2D eigenvalue weighted by molar-refractivity contribution is 5.81. The summed E-state index contributed by atoms with van der Waals surface area (Å²) in [5.74, 6) is 1.13. The first-order valence-electron chi connectivity index (χ1n) is 9.86. The van der Waals surface area contributed by atoms with Crippen molar-refractivity contribution in [2.75, 3.05) is 0 Å². The Morgan fingerprint density at radius 1 is 1.07 bits per heavy atom. The number of nitrogens with zero attached hydrogens (tertiary/aromatic N) is 2. The molecule has 27 heavy (non-hydrogen) atoms. The van der Waals surface area contributed by atoms with E-state index >= 15 is 0 Å². The molecule has 1 N–H and O–H groups in total. The first-order valence-corrected chi connectivity index (χ1v) is 9.86. The van der Waals surface area contributed by atoms with Crippen LogP contribution in [0.4, 0.5) is 0 Å². The molecule has 2 aromatic heterocycles. The van der Waals surface area contributed by atoms with Gasteiger partial charge in [-0.2, -0.15) is 0 Å². The third kappa shape index (κ3) is 3.75. The van der Waals surface area contributed by atoms with E-state index in [4.69, 9.17) is 15.1 Å². The first-order chi connectivity index (χ1) is 13.0. The van der Waals surface area contributed by atoms with E-state index in [0.717, 1.165) is 35.5 Å². The van der Waals surface area contributed by atoms with Crippen molar-refractivity contribution in [3.63, 3.8) is 0 Å². The van der Waals surface area contributed by atoms with E-state index in [9.17, 15) is 0 Å². The predicted octanol–water partition coefficient (Wildman–Crippen LogP) is 6.03. The zero-order valence-corrected chi connectivity index (χ0v) is 16.2. The monoisotopic (exact) mass is 361 g/mol. The minimum Gasteiger partial charge on any atom is -0.443 e. The maximum Gasteiger partial charge on any atom is 0.193 e. The minimum absolute atomic E-state index is 0.130. The smallest absolute Gasteiger partial charge is 0.193 e. The second kappa shape index (κ2) is 7.18. The van der Waals surface area contributed by atoms with Gasteiger partial charge in [0, 0.05) is 23.4 Å². The highest BCUT2D eigenvalue weighted by Crippen LogP contribution is 2.36. The molecule has 1 aliphatic carbocycles. The predicted molar refractivity (Wildman–Crippen MR) is 110 cm³/mol. The number of nitrogens with one attached hydrogen (secondary N) is 1. The standard InChI is InChI=1S/C23H27N3O/c1-17-11-14-26-16-20(25-21(26)15-17)18-7-9-19(10-8-18)27-22(24)23(2)12-5-3-4-6-13-23/h7-11,14-16,24H,3-6,12-13H2,1-2H3. The SMILES string of the molecule is Cc1ccn2cc(-c3ccc(OC(=N)C4(C)CCCCCC4)cc3)nc2c1. The largest absolute Gasteiger partial charge is 0.443 e. The van der Waals surface area contributed by atoms with Gasteiger partial charge in [-0.05, 0) is 61.7 Å². The summed E-state index contributed by atoms with van der Waals surface area (Å²) in [5.41, 5.74) is 4.02. The maximum atomic E-state index is 8.49. The van der Waals surface area contributed by atoms with Gasteiger partial charge in [-0.1, -0.05) is 32.6 Å². The number of hydrogen-bond acceptors (Lipinski definition) is 3. The third-order valence-corrected chi connectivity index (χ3v) is 5.74. The van der Waals surface area contributed by atoms with Crippen molar-refractivity contribution in [1.29, 1.82) is 5.41 Å². The lowest BCUT2D eigenvalue weighted by Gasteiger charge is -2.28. The molecule has 0 atom stereocenters. The van der Waals surface area contributed by atoms with Crippen LogP contribution in [0.1, 0.15) is 51.0 Å². The fraction of sp³-hybridized carbons (Fsp3) is 0.391. The summed E-state index contributed by atoms with van der Waals surface area (Å²) < 4.78 is 7.97.